The lowest BCUT2D eigenvalue weighted by Gasteiger charge is -2.43. The van der Waals surface area contributed by atoms with E-state index in [1.165, 1.54) is 5.01 Å². The van der Waals surface area contributed by atoms with Crippen LogP contribution in [0.1, 0.15) is 42.5 Å². The normalized spacial score (nSPS) is 21.1. The van der Waals surface area contributed by atoms with Crippen LogP contribution in [0.5, 0.6) is 0 Å². The summed E-state index contributed by atoms with van der Waals surface area (Å²) in [6.07, 6.45) is 0.415. The number of fused-ring (bicyclic) bond motifs is 1. The molecule has 2 aliphatic rings. The summed E-state index contributed by atoms with van der Waals surface area (Å²) in [6.45, 7) is 0.229. The first-order valence-corrected chi connectivity index (χ1v) is 10.9. The molecule has 1 aromatic carbocycles. The van der Waals surface area contributed by atoms with E-state index in [-0.39, 0.29) is 31.7 Å². The number of carboxylic acid groups (broad SMARTS) is 1. The Labute approximate surface area is 195 Å². The summed E-state index contributed by atoms with van der Waals surface area (Å²) in [5.74, 6) is -3.49. The highest BCUT2D eigenvalue weighted by molar-refractivity contribution is 6.00. The highest BCUT2D eigenvalue weighted by Gasteiger charge is 2.44. The molecule has 0 radical (unpaired) electrons. The fourth-order valence-corrected chi connectivity index (χ4v) is 4.04. The molecule has 12 heteroatoms. The molecule has 0 unspecified atom stereocenters. The summed E-state index contributed by atoms with van der Waals surface area (Å²) in [5, 5.41) is 19.1. The summed E-state index contributed by atoms with van der Waals surface area (Å²) in [7, 11) is 1.74. The Bertz CT molecular complexity index is 980. The van der Waals surface area contributed by atoms with Gasteiger partial charge in [0.15, 0.2) is 0 Å². The second-order valence-electron chi connectivity index (χ2n) is 8.10. The number of benzene rings is 1. The minimum atomic E-state index is -1.27. The number of carbonyl (C=O) groups is 6. The summed E-state index contributed by atoms with van der Waals surface area (Å²) in [5.41, 5.74) is 1.14. The van der Waals surface area contributed by atoms with E-state index in [0.717, 1.165) is 10.7 Å². The van der Waals surface area contributed by atoms with Gasteiger partial charge in [0.25, 0.3) is 11.8 Å². The van der Waals surface area contributed by atoms with Crippen LogP contribution in [0, 0.1) is 0 Å². The number of rotatable bonds is 8. The molecule has 12 nitrogen and oxygen atoms in total. The third-order valence-corrected chi connectivity index (χ3v) is 5.79. The average molecular weight is 473 g/mol. The third-order valence-electron chi connectivity index (χ3n) is 5.79. The second-order valence-corrected chi connectivity index (χ2v) is 8.10. The first-order valence-electron chi connectivity index (χ1n) is 10.9. The van der Waals surface area contributed by atoms with Gasteiger partial charge in [-0.25, -0.2) is 5.01 Å². The van der Waals surface area contributed by atoms with Gasteiger partial charge in [0, 0.05) is 31.3 Å². The summed E-state index contributed by atoms with van der Waals surface area (Å²) in [4.78, 5) is 73.8. The maximum absolute atomic E-state index is 13.4. The summed E-state index contributed by atoms with van der Waals surface area (Å²) in [6, 6.07) is 3.18. The molecule has 0 aromatic heterocycles. The zero-order valence-corrected chi connectivity index (χ0v) is 18.7. The summed E-state index contributed by atoms with van der Waals surface area (Å²) >= 11 is 0. The van der Waals surface area contributed by atoms with Crippen molar-refractivity contribution in [1.82, 2.24) is 20.7 Å². The monoisotopic (exact) mass is 473 g/mol. The second kappa shape index (κ2) is 10.8. The van der Waals surface area contributed by atoms with Crippen LogP contribution < -0.4 is 16.0 Å². The molecule has 3 rings (SSSR count). The molecule has 0 saturated carbocycles. The molecule has 2 aliphatic heterocycles. The number of hydrogen-bond donors (Lipinski definition) is 4. The van der Waals surface area contributed by atoms with Crippen LogP contribution in [0.3, 0.4) is 0 Å². The highest BCUT2D eigenvalue weighted by Crippen LogP contribution is 2.25. The van der Waals surface area contributed by atoms with E-state index in [1.54, 1.807) is 31.3 Å². The maximum Gasteiger partial charge on any atom is 0.305 e. The van der Waals surface area contributed by atoms with E-state index in [1.807, 2.05) is 0 Å². The molecule has 4 amide bonds. The highest BCUT2D eigenvalue weighted by atomic mass is 16.4. The third kappa shape index (κ3) is 5.50. The predicted molar refractivity (Wildman–Crippen MR) is 118 cm³/mol. The van der Waals surface area contributed by atoms with Gasteiger partial charge in [-0.1, -0.05) is 0 Å². The number of amides is 4. The van der Waals surface area contributed by atoms with Gasteiger partial charge in [0.05, 0.1) is 12.5 Å². The molecule has 2 saturated heterocycles. The molecule has 0 aliphatic carbocycles. The number of nitrogens with one attached hydrogen (secondary N) is 3. The van der Waals surface area contributed by atoms with Gasteiger partial charge in [-0.2, -0.15) is 0 Å². The smallest absolute Gasteiger partial charge is 0.305 e. The van der Waals surface area contributed by atoms with Crippen LogP contribution in [0.2, 0.25) is 0 Å². The lowest BCUT2D eigenvalue weighted by Crippen LogP contribution is -2.64. The van der Waals surface area contributed by atoms with Crippen molar-refractivity contribution in [3.8, 4) is 0 Å². The molecule has 2 fully saturated rings. The number of carboxylic acids is 1. The first kappa shape index (κ1) is 24.7. The Hall–Kier alpha value is -3.96. The van der Waals surface area contributed by atoms with E-state index in [2.05, 4.69) is 16.0 Å². The SMILES string of the molecule is CNc1ccc(C(=O)N[C@H]2CCC(=O)N3CCC[C@@H](C(=O)N[C@H](C=O)CC(=O)O)N3C2=O)cc1. The van der Waals surface area contributed by atoms with E-state index in [0.29, 0.717) is 18.3 Å². The zero-order chi connectivity index (χ0) is 24.8. The Morgan fingerprint density at radius 2 is 1.88 bits per heavy atom. The lowest BCUT2D eigenvalue weighted by molar-refractivity contribution is -0.176. The van der Waals surface area contributed by atoms with Gasteiger partial charge < -0.3 is 25.9 Å². The number of hydrazine groups is 1. The van der Waals surface area contributed by atoms with Crippen molar-refractivity contribution >= 4 is 41.6 Å². The van der Waals surface area contributed by atoms with Crippen LogP contribution >= 0.6 is 0 Å². The van der Waals surface area contributed by atoms with Crippen molar-refractivity contribution in [2.45, 2.75) is 50.2 Å². The Kier molecular flexibility index (Phi) is 7.82. The van der Waals surface area contributed by atoms with Crippen LogP contribution in [0.25, 0.3) is 0 Å². The van der Waals surface area contributed by atoms with Gasteiger partial charge in [-0.15, -0.1) is 0 Å². The molecule has 34 heavy (non-hydrogen) atoms. The van der Waals surface area contributed by atoms with Gasteiger partial charge in [0.1, 0.15) is 18.4 Å². The molecular formula is C22H27N5O7. The Balaban J connectivity index is 1.79. The van der Waals surface area contributed by atoms with Crippen molar-refractivity contribution in [2.75, 3.05) is 18.9 Å². The fourth-order valence-electron chi connectivity index (χ4n) is 4.04. The number of anilines is 1. The van der Waals surface area contributed by atoms with Crippen molar-refractivity contribution < 1.29 is 33.9 Å². The van der Waals surface area contributed by atoms with Crippen molar-refractivity contribution in [3.05, 3.63) is 29.8 Å². The number of hydrogen-bond acceptors (Lipinski definition) is 7. The van der Waals surface area contributed by atoms with Crippen LogP contribution in [-0.2, 0) is 24.0 Å². The van der Waals surface area contributed by atoms with E-state index in [4.69, 9.17) is 5.11 Å². The Morgan fingerprint density at radius 1 is 1.18 bits per heavy atom. The lowest BCUT2D eigenvalue weighted by atomic mass is 10.0. The van der Waals surface area contributed by atoms with E-state index in [9.17, 15) is 28.8 Å². The standard InChI is InChI=1S/C22H27N5O7/c1-23-14-6-4-13(5-7-14)20(32)25-16-8-9-18(29)26-10-2-3-17(27(26)22(16)34)21(33)24-15(12-28)11-19(30)31/h4-7,12,15-17,23H,2-3,8-11H2,1H3,(H,24,33)(H,25,32)(H,30,31)/t15-,16-,17-/m0/s1. The minimum Gasteiger partial charge on any atom is -0.481 e. The number of carbonyl (C=O) groups excluding carboxylic acids is 5. The van der Waals surface area contributed by atoms with Crippen LogP contribution in [0.4, 0.5) is 5.69 Å². The van der Waals surface area contributed by atoms with Gasteiger partial charge >= 0.3 is 5.97 Å². The zero-order valence-electron chi connectivity index (χ0n) is 18.7. The van der Waals surface area contributed by atoms with Gasteiger partial charge in [-0.3, -0.25) is 29.0 Å². The predicted octanol–water partition coefficient (Wildman–Crippen LogP) is -0.486. The van der Waals surface area contributed by atoms with Crippen molar-refractivity contribution in [1.29, 1.82) is 0 Å². The molecule has 1 aromatic rings. The van der Waals surface area contributed by atoms with Crippen LogP contribution in [-0.4, -0.2) is 82.7 Å². The first-order chi connectivity index (χ1) is 16.2. The molecule has 4 N–H and O–H groups in total. The maximum atomic E-state index is 13.4. The summed E-state index contributed by atoms with van der Waals surface area (Å²) < 4.78 is 0. The average Bonchev–Trinajstić information content (AvgIpc) is 2.95. The van der Waals surface area contributed by atoms with Crippen molar-refractivity contribution in [3.63, 3.8) is 0 Å². The molecule has 3 atom stereocenters. The topological polar surface area (TPSA) is 165 Å². The van der Waals surface area contributed by atoms with Gasteiger partial charge in [-0.05, 0) is 43.5 Å². The molecule has 2 heterocycles. The number of nitrogens with zero attached hydrogens (tertiary/aromatic N) is 2. The number of aliphatic carboxylic acids is 1. The van der Waals surface area contributed by atoms with E-state index < -0.39 is 48.2 Å². The van der Waals surface area contributed by atoms with Gasteiger partial charge in [0.2, 0.25) is 11.8 Å². The Morgan fingerprint density at radius 3 is 2.50 bits per heavy atom. The number of aldehydes is 1. The van der Waals surface area contributed by atoms with Crippen LogP contribution in [0.15, 0.2) is 24.3 Å². The quantitative estimate of drug-likeness (QED) is 0.367. The van der Waals surface area contributed by atoms with Crippen molar-refractivity contribution in [2.24, 2.45) is 0 Å². The molecular weight excluding hydrogens is 446 g/mol. The fraction of sp³-hybridized carbons (Fsp3) is 0.455. The molecule has 0 spiro atoms. The molecule has 0 bridgehead atoms. The largest absolute Gasteiger partial charge is 0.481 e. The minimum absolute atomic E-state index is 0.00377. The molecule has 182 valence electrons. The van der Waals surface area contributed by atoms with E-state index >= 15 is 0 Å².